The van der Waals surface area contributed by atoms with Gasteiger partial charge in [-0.25, -0.2) is 0 Å². The van der Waals surface area contributed by atoms with Crippen LogP contribution >= 0.6 is 0 Å². The molecule has 0 bridgehead atoms. The Balaban J connectivity index is 1.03. The Morgan fingerprint density at radius 3 is 1.72 bits per heavy atom. The minimum absolute atomic E-state index is 0.846. The van der Waals surface area contributed by atoms with E-state index in [-0.39, 0.29) is 0 Å². The second kappa shape index (κ2) is 12.9. The smallest absolute Gasteiger partial charge is 0.159 e. The van der Waals surface area contributed by atoms with Crippen molar-refractivity contribution in [3.63, 3.8) is 0 Å². The maximum absolute atomic E-state index is 6.67. The van der Waals surface area contributed by atoms with E-state index < -0.39 is 0 Å². The zero-order chi connectivity index (χ0) is 38.2. The molecule has 12 rings (SSSR count). The summed E-state index contributed by atoms with van der Waals surface area (Å²) in [4.78, 5) is 2.32. The van der Waals surface area contributed by atoms with Crippen LogP contribution in [-0.2, 0) is 0 Å². The molecule has 0 N–H and O–H groups in total. The van der Waals surface area contributed by atoms with E-state index in [0.717, 1.165) is 88.9 Å². The normalized spacial score (nSPS) is 11.8. The van der Waals surface area contributed by atoms with Gasteiger partial charge in [0, 0.05) is 54.9 Å². The third-order valence-corrected chi connectivity index (χ3v) is 11.6. The number of furan rings is 2. The highest BCUT2D eigenvalue weighted by Crippen LogP contribution is 2.44. The Bertz CT molecular complexity index is 3520. The van der Waals surface area contributed by atoms with Crippen LogP contribution in [0.15, 0.2) is 215 Å². The van der Waals surface area contributed by atoms with Crippen molar-refractivity contribution in [3.05, 3.63) is 206 Å². The quantitative estimate of drug-likeness (QED) is 0.170. The van der Waals surface area contributed by atoms with Crippen molar-refractivity contribution in [2.24, 2.45) is 0 Å². The SMILES string of the molecule is c1ccc(-n2c3ccccc3c3ccc(-c4cccc(N(c5ccc(-c6cccc7c6oc6ccccc67)cc5)c5cccc6c5oc5ccccc56)c4)cc32)cc1. The van der Waals surface area contributed by atoms with Gasteiger partial charge in [0.05, 0.1) is 16.7 Å². The Morgan fingerprint density at radius 1 is 0.345 bits per heavy atom. The Labute approximate surface area is 334 Å². The van der Waals surface area contributed by atoms with Gasteiger partial charge in [-0.05, 0) is 83.4 Å². The molecule has 9 aromatic carbocycles. The number of para-hydroxylation sites is 6. The van der Waals surface area contributed by atoms with E-state index in [2.05, 4.69) is 191 Å². The number of hydrogen-bond acceptors (Lipinski definition) is 3. The lowest BCUT2D eigenvalue weighted by Crippen LogP contribution is -2.10. The topological polar surface area (TPSA) is 34.5 Å². The molecule has 4 heteroatoms. The van der Waals surface area contributed by atoms with E-state index in [0.29, 0.717) is 0 Å². The highest BCUT2D eigenvalue weighted by atomic mass is 16.3. The molecule has 3 heterocycles. The molecule has 0 saturated heterocycles. The van der Waals surface area contributed by atoms with Gasteiger partial charge in [0.2, 0.25) is 0 Å². The number of fused-ring (bicyclic) bond motifs is 9. The molecule has 0 aliphatic heterocycles. The van der Waals surface area contributed by atoms with Crippen molar-refractivity contribution in [2.45, 2.75) is 0 Å². The summed E-state index contributed by atoms with van der Waals surface area (Å²) >= 11 is 0. The molecular weight excluding hydrogens is 709 g/mol. The zero-order valence-corrected chi connectivity index (χ0v) is 31.3. The third-order valence-electron chi connectivity index (χ3n) is 11.6. The fourth-order valence-corrected chi connectivity index (χ4v) is 8.93. The van der Waals surface area contributed by atoms with Crippen LogP contribution in [0.4, 0.5) is 17.1 Å². The maximum atomic E-state index is 6.67. The molecular formula is C54H34N2O2. The third kappa shape index (κ3) is 5.02. The number of hydrogen-bond donors (Lipinski definition) is 0. The largest absolute Gasteiger partial charge is 0.455 e. The van der Waals surface area contributed by atoms with Crippen LogP contribution < -0.4 is 4.90 Å². The van der Waals surface area contributed by atoms with Crippen molar-refractivity contribution in [2.75, 3.05) is 4.90 Å². The zero-order valence-electron chi connectivity index (χ0n) is 31.3. The molecule has 0 unspecified atom stereocenters. The van der Waals surface area contributed by atoms with Crippen LogP contribution in [0.1, 0.15) is 0 Å². The molecule has 58 heavy (non-hydrogen) atoms. The summed E-state index contributed by atoms with van der Waals surface area (Å²) in [6, 6.07) is 73.2. The molecule has 12 aromatic rings. The van der Waals surface area contributed by atoms with E-state index in [9.17, 15) is 0 Å². The number of nitrogens with zero attached hydrogens (tertiary/aromatic N) is 2. The van der Waals surface area contributed by atoms with Gasteiger partial charge >= 0.3 is 0 Å². The van der Waals surface area contributed by atoms with Crippen LogP contribution in [0.5, 0.6) is 0 Å². The first-order chi connectivity index (χ1) is 28.8. The summed E-state index contributed by atoms with van der Waals surface area (Å²) in [5.41, 5.74) is 14.5. The van der Waals surface area contributed by atoms with E-state index in [1.807, 2.05) is 24.3 Å². The predicted octanol–water partition coefficient (Wildman–Crippen LogP) is 15.4. The standard InChI is InChI=1S/C54H34N2O2/c1-2-14-38(15-3-1)56-48-23-7-4-17-42(48)43-32-29-37(34-50(43)56)36-13-10-16-40(33-36)55(49-24-12-22-47-45-19-6-9-26-52(45)58-54(47)49)39-30-27-35(28-31-39)41-20-11-21-46-44-18-5-8-25-51(44)57-53(41)46/h1-34H. The van der Waals surface area contributed by atoms with E-state index >= 15 is 0 Å². The van der Waals surface area contributed by atoms with Crippen molar-refractivity contribution in [1.82, 2.24) is 4.57 Å². The first-order valence-electron chi connectivity index (χ1n) is 19.7. The van der Waals surface area contributed by atoms with Gasteiger partial charge in [-0.15, -0.1) is 0 Å². The van der Waals surface area contributed by atoms with E-state index in [4.69, 9.17) is 8.83 Å². The molecule has 0 atom stereocenters. The second-order valence-electron chi connectivity index (χ2n) is 14.9. The van der Waals surface area contributed by atoms with Crippen molar-refractivity contribution < 1.29 is 8.83 Å². The van der Waals surface area contributed by atoms with Gasteiger partial charge in [0.25, 0.3) is 0 Å². The number of aromatic nitrogens is 1. The fraction of sp³-hybridized carbons (Fsp3) is 0. The average molecular weight is 743 g/mol. The summed E-state index contributed by atoms with van der Waals surface area (Å²) in [5, 5.41) is 6.91. The molecule has 272 valence electrons. The first kappa shape index (κ1) is 32.4. The maximum Gasteiger partial charge on any atom is 0.159 e. The van der Waals surface area contributed by atoms with Crippen LogP contribution in [0.3, 0.4) is 0 Å². The summed E-state index contributed by atoms with van der Waals surface area (Å²) in [5.74, 6) is 0. The minimum atomic E-state index is 0.846. The van der Waals surface area contributed by atoms with Crippen LogP contribution in [-0.4, -0.2) is 4.57 Å². The Hall–Kier alpha value is -7.82. The lowest BCUT2D eigenvalue weighted by molar-refractivity contribution is 0.669. The van der Waals surface area contributed by atoms with Gasteiger partial charge in [-0.3, -0.25) is 0 Å². The minimum Gasteiger partial charge on any atom is -0.455 e. The second-order valence-corrected chi connectivity index (χ2v) is 14.9. The molecule has 0 aliphatic carbocycles. The fourth-order valence-electron chi connectivity index (χ4n) is 8.93. The monoisotopic (exact) mass is 742 g/mol. The molecule has 0 amide bonds. The predicted molar refractivity (Wildman–Crippen MR) is 241 cm³/mol. The van der Waals surface area contributed by atoms with Gasteiger partial charge in [0.15, 0.2) is 5.58 Å². The molecule has 0 spiro atoms. The van der Waals surface area contributed by atoms with Crippen LogP contribution in [0.25, 0.3) is 93.6 Å². The van der Waals surface area contributed by atoms with Crippen molar-refractivity contribution in [3.8, 4) is 27.9 Å². The van der Waals surface area contributed by atoms with Gasteiger partial charge in [0.1, 0.15) is 16.7 Å². The van der Waals surface area contributed by atoms with E-state index in [1.54, 1.807) is 0 Å². The lowest BCUT2D eigenvalue weighted by atomic mass is 10.0. The molecule has 4 nitrogen and oxygen atoms in total. The van der Waals surface area contributed by atoms with Crippen LogP contribution in [0.2, 0.25) is 0 Å². The summed E-state index contributed by atoms with van der Waals surface area (Å²) in [6.45, 7) is 0. The average Bonchev–Trinajstić information content (AvgIpc) is 3.97. The summed E-state index contributed by atoms with van der Waals surface area (Å²) in [7, 11) is 0. The van der Waals surface area contributed by atoms with Crippen molar-refractivity contribution >= 4 is 82.7 Å². The molecule has 0 radical (unpaired) electrons. The Kier molecular flexibility index (Phi) is 7.20. The van der Waals surface area contributed by atoms with Gasteiger partial charge in [-0.2, -0.15) is 0 Å². The highest BCUT2D eigenvalue weighted by Gasteiger charge is 2.21. The van der Waals surface area contributed by atoms with Gasteiger partial charge in [-0.1, -0.05) is 140 Å². The molecule has 0 aliphatic rings. The van der Waals surface area contributed by atoms with E-state index in [1.165, 1.54) is 21.8 Å². The first-order valence-corrected chi connectivity index (χ1v) is 19.7. The summed E-state index contributed by atoms with van der Waals surface area (Å²) < 4.78 is 15.5. The lowest BCUT2D eigenvalue weighted by Gasteiger charge is -2.26. The van der Waals surface area contributed by atoms with Crippen LogP contribution in [0, 0.1) is 0 Å². The molecule has 0 fully saturated rings. The van der Waals surface area contributed by atoms with Crippen molar-refractivity contribution in [1.29, 1.82) is 0 Å². The summed E-state index contributed by atoms with van der Waals surface area (Å²) in [6.07, 6.45) is 0. The Morgan fingerprint density at radius 2 is 0.931 bits per heavy atom. The highest BCUT2D eigenvalue weighted by molar-refractivity contribution is 6.12. The number of rotatable bonds is 6. The molecule has 3 aromatic heterocycles. The number of benzene rings is 9. The van der Waals surface area contributed by atoms with Gasteiger partial charge < -0.3 is 18.3 Å². The molecule has 0 saturated carbocycles. The number of anilines is 3.